The molecule has 9 nitrogen and oxygen atoms in total. The minimum atomic E-state index is -1.15. The van der Waals surface area contributed by atoms with E-state index in [2.05, 4.69) is 10.1 Å². The summed E-state index contributed by atoms with van der Waals surface area (Å²) in [7, 11) is 1.38. The Kier molecular flexibility index (Phi) is 3.57. The first-order chi connectivity index (χ1) is 9.86. The zero-order chi connectivity index (χ0) is 15.7. The molecular weight excluding hydrogens is 280 g/mol. The van der Waals surface area contributed by atoms with E-state index in [0.717, 1.165) is 4.68 Å². The van der Waals surface area contributed by atoms with Crippen molar-refractivity contribution < 1.29 is 19.6 Å². The highest BCUT2D eigenvalue weighted by Crippen LogP contribution is 2.26. The largest absolute Gasteiger partial charge is 0.481 e. The number of methoxy groups -OCH3 is 1. The summed E-state index contributed by atoms with van der Waals surface area (Å²) >= 11 is 0. The average molecular weight is 292 g/mol. The van der Waals surface area contributed by atoms with Crippen LogP contribution in [0.4, 0.5) is 5.69 Å². The molecule has 0 saturated heterocycles. The van der Waals surface area contributed by atoms with Crippen LogP contribution in [0.2, 0.25) is 0 Å². The molecule has 0 aliphatic rings. The fraction of sp³-hybridized carbons (Fsp3) is 0.250. The molecule has 2 rings (SSSR count). The van der Waals surface area contributed by atoms with Crippen LogP contribution in [0.3, 0.4) is 0 Å². The first-order valence-corrected chi connectivity index (χ1v) is 5.86. The van der Waals surface area contributed by atoms with Crippen LogP contribution in [-0.4, -0.2) is 37.9 Å². The number of carboxylic acid groups (broad SMARTS) is 1. The number of hydrogen-bond acceptors (Lipinski definition) is 6. The van der Waals surface area contributed by atoms with Crippen LogP contribution in [0.25, 0.3) is 5.82 Å². The summed E-state index contributed by atoms with van der Waals surface area (Å²) in [5.41, 5.74) is 0.204. The van der Waals surface area contributed by atoms with E-state index < -0.39 is 10.9 Å². The third-order valence-electron chi connectivity index (χ3n) is 2.94. The smallest absolute Gasteiger partial charge is 0.339 e. The molecule has 110 valence electrons. The molecule has 0 unspecified atom stereocenters. The molecule has 0 aliphatic heterocycles. The molecule has 0 amide bonds. The molecule has 0 atom stereocenters. The van der Waals surface area contributed by atoms with Gasteiger partial charge in [-0.25, -0.2) is 9.48 Å². The number of rotatable bonds is 4. The number of hydrogen-bond donors (Lipinski definition) is 1. The highest BCUT2D eigenvalue weighted by atomic mass is 16.6. The second kappa shape index (κ2) is 5.19. The Bertz CT molecular complexity index is 737. The van der Waals surface area contributed by atoms with E-state index >= 15 is 0 Å². The molecule has 0 aromatic carbocycles. The summed E-state index contributed by atoms with van der Waals surface area (Å²) in [6, 6.07) is 2.59. The van der Waals surface area contributed by atoms with Crippen molar-refractivity contribution in [1.29, 1.82) is 0 Å². The lowest BCUT2D eigenvalue weighted by atomic mass is 10.2. The van der Waals surface area contributed by atoms with Gasteiger partial charge in [-0.2, -0.15) is 10.1 Å². The second-order valence-corrected chi connectivity index (χ2v) is 4.22. The van der Waals surface area contributed by atoms with Crippen molar-refractivity contribution in [1.82, 2.24) is 14.8 Å². The predicted molar refractivity (Wildman–Crippen MR) is 71.0 cm³/mol. The van der Waals surface area contributed by atoms with Crippen molar-refractivity contribution in [3.63, 3.8) is 0 Å². The number of pyridine rings is 1. The number of ether oxygens (including phenoxy) is 1. The fourth-order valence-electron chi connectivity index (χ4n) is 1.99. The van der Waals surface area contributed by atoms with Gasteiger partial charge in [-0.05, 0) is 13.8 Å². The van der Waals surface area contributed by atoms with Crippen molar-refractivity contribution in [3.05, 3.63) is 39.2 Å². The van der Waals surface area contributed by atoms with Gasteiger partial charge in [0.25, 0.3) is 0 Å². The minimum Gasteiger partial charge on any atom is -0.481 e. The lowest BCUT2D eigenvalue weighted by Crippen LogP contribution is -2.08. The number of aryl methyl sites for hydroxylation is 1. The van der Waals surface area contributed by atoms with Gasteiger partial charge in [-0.15, -0.1) is 0 Å². The maximum atomic E-state index is 11.2. The molecule has 0 spiro atoms. The quantitative estimate of drug-likeness (QED) is 0.669. The summed E-state index contributed by atoms with van der Waals surface area (Å²) in [4.78, 5) is 25.7. The van der Waals surface area contributed by atoms with Gasteiger partial charge < -0.3 is 9.84 Å². The molecular formula is C12H12N4O5. The van der Waals surface area contributed by atoms with Crippen LogP contribution in [0, 0.1) is 24.0 Å². The standard InChI is InChI=1S/C12H12N4O5/c1-6-10(12(17)18)7(2)15(14-6)11-8(16(19)20)4-5-9(13-11)21-3/h4-5H,1-3H3,(H,17,18). The van der Waals surface area contributed by atoms with Crippen molar-refractivity contribution in [2.45, 2.75) is 13.8 Å². The maximum Gasteiger partial charge on any atom is 0.339 e. The van der Waals surface area contributed by atoms with Crippen LogP contribution < -0.4 is 4.74 Å². The van der Waals surface area contributed by atoms with Crippen molar-refractivity contribution in [3.8, 4) is 11.7 Å². The van der Waals surface area contributed by atoms with E-state index in [1.165, 1.54) is 33.1 Å². The molecule has 0 radical (unpaired) electrons. The van der Waals surface area contributed by atoms with E-state index in [4.69, 9.17) is 9.84 Å². The van der Waals surface area contributed by atoms with E-state index in [0.29, 0.717) is 0 Å². The Morgan fingerprint density at radius 1 is 1.43 bits per heavy atom. The Morgan fingerprint density at radius 2 is 2.10 bits per heavy atom. The molecule has 1 N–H and O–H groups in total. The van der Waals surface area contributed by atoms with E-state index in [9.17, 15) is 14.9 Å². The Labute approximate surface area is 118 Å². The summed E-state index contributed by atoms with van der Waals surface area (Å²) in [5.74, 6) is -1.07. The molecule has 2 heterocycles. The third-order valence-corrected chi connectivity index (χ3v) is 2.94. The van der Waals surface area contributed by atoms with E-state index in [1.807, 2.05) is 0 Å². The molecule has 9 heteroatoms. The van der Waals surface area contributed by atoms with E-state index in [1.54, 1.807) is 0 Å². The van der Waals surface area contributed by atoms with Crippen molar-refractivity contribution in [2.24, 2.45) is 0 Å². The first kappa shape index (κ1) is 14.4. The summed E-state index contributed by atoms with van der Waals surface area (Å²) < 4.78 is 6.08. The molecule has 0 saturated carbocycles. The number of nitrogens with zero attached hydrogens (tertiary/aromatic N) is 4. The number of aromatic carboxylic acids is 1. The number of carbonyl (C=O) groups is 1. The van der Waals surface area contributed by atoms with Crippen molar-refractivity contribution >= 4 is 11.7 Å². The zero-order valence-electron chi connectivity index (χ0n) is 11.5. The molecule has 0 fully saturated rings. The molecule has 21 heavy (non-hydrogen) atoms. The van der Waals surface area contributed by atoms with Crippen LogP contribution in [0.15, 0.2) is 12.1 Å². The van der Waals surface area contributed by atoms with Gasteiger partial charge in [0.05, 0.1) is 23.4 Å². The van der Waals surface area contributed by atoms with Gasteiger partial charge in [0.15, 0.2) is 0 Å². The normalized spacial score (nSPS) is 10.4. The zero-order valence-corrected chi connectivity index (χ0v) is 11.5. The number of aromatic nitrogens is 3. The predicted octanol–water partition coefficient (Wildman–Crippen LogP) is 1.50. The maximum absolute atomic E-state index is 11.2. The van der Waals surface area contributed by atoms with E-state index in [-0.39, 0.29) is 34.3 Å². The fourth-order valence-corrected chi connectivity index (χ4v) is 1.99. The van der Waals surface area contributed by atoms with Crippen LogP contribution in [-0.2, 0) is 0 Å². The van der Waals surface area contributed by atoms with Crippen LogP contribution in [0.1, 0.15) is 21.7 Å². The van der Waals surface area contributed by atoms with Crippen LogP contribution >= 0.6 is 0 Å². The number of carboxylic acids is 1. The van der Waals surface area contributed by atoms with Crippen molar-refractivity contribution in [2.75, 3.05) is 7.11 Å². The third kappa shape index (κ3) is 2.40. The monoisotopic (exact) mass is 292 g/mol. The summed E-state index contributed by atoms with van der Waals surface area (Å²) in [6.07, 6.45) is 0. The Morgan fingerprint density at radius 3 is 2.57 bits per heavy atom. The Balaban J connectivity index is 2.74. The van der Waals surface area contributed by atoms with Gasteiger partial charge in [0.2, 0.25) is 11.7 Å². The lowest BCUT2D eigenvalue weighted by Gasteiger charge is -2.06. The van der Waals surface area contributed by atoms with Gasteiger partial charge in [0, 0.05) is 12.1 Å². The van der Waals surface area contributed by atoms with Gasteiger partial charge in [0.1, 0.15) is 5.56 Å². The number of nitro groups is 1. The van der Waals surface area contributed by atoms with Gasteiger partial charge >= 0.3 is 11.7 Å². The molecule has 0 bridgehead atoms. The highest BCUT2D eigenvalue weighted by molar-refractivity contribution is 5.90. The van der Waals surface area contributed by atoms with Gasteiger partial charge in [-0.3, -0.25) is 10.1 Å². The van der Waals surface area contributed by atoms with Crippen LogP contribution in [0.5, 0.6) is 5.88 Å². The Hall–Kier alpha value is -2.97. The molecule has 2 aromatic rings. The summed E-state index contributed by atoms with van der Waals surface area (Å²) in [5, 5.41) is 24.3. The lowest BCUT2D eigenvalue weighted by molar-refractivity contribution is -0.385. The summed E-state index contributed by atoms with van der Waals surface area (Å²) in [6.45, 7) is 3.02. The highest BCUT2D eigenvalue weighted by Gasteiger charge is 2.25. The first-order valence-electron chi connectivity index (χ1n) is 5.86. The molecule has 0 aliphatic carbocycles. The average Bonchev–Trinajstić information content (AvgIpc) is 2.72. The molecule has 2 aromatic heterocycles. The SMILES string of the molecule is COc1ccc([N+](=O)[O-])c(-n2nc(C)c(C(=O)O)c2C)n1. The van der Waals surface area contributed by atoms with Gasteiger partial charge in [-0.1, -0.05) is 0 Å². The second-order valence-electron chi connectivity index (χ2n) is 4.22. The minimum absolute atomic E-state index is 0.00563. The topological polar surface area (TPSA) is 120 Å².